The van der Waals surface area contributed by atoms with Crippen LogP contribution in [-0.2, 0) is 0 Å². The number of piperazine rings is 3. The van der Waals surface area contributed by atoms with Crippen molar-refractivity contribution in [3.8, 4) is 6.07 Å². The van der Waals surface area contributed by atoms with Gasteiger partial charge in [0.05, 0.1) is 16.3 Å². The number of benzene rings is 1. The van der Waals surface area contributed by atoms with Crippen molar-refractivity contribution >= 4 is 17.3 Å². The molecule has 5 heteroatoms. The number of hydrogen-bond donors (Lipinski definition) is 1. The van der Waals surface area contributed by atoms with Gasteiger partial charge in [0.25, 0.3) is 0 Å². The van der Waals surface area contributed by atoms with Crippen LogP contribution in [0.4, 0.5) is 5.69 Å². The second-order valence-electron chi connectivity index (χ2n) is 5.15. The van der Waals surface area contributed by atoms with Gasteiger partial charge in [0.1, 0.15) is 6.07 Å². The molecular formula is C14H17ClN4. The molecule has 100 valence electrons. The fraction of sp³-hybridized carbons (Fsp3) is 0.500. The highest BCUT2D eigenvalue weighted by Gasteiger charge is 2.31. The first-order valence-corrected chi connectivity index (χ1v) is 7.04. The summed E-state index contributed by atoms with van der Waals surface area (Å²) in [6.07, 6.45) is 0. The minimum absolute atomic E-state index is 0.519. The molecule has 4 rings (SSSR count). The molecule has 1 aromatic rings. The fourth-order valence-electron chi connectivity index (χ4n) is 2.94. The van der Waals surface area contributed by atoms with Crippen molar-refractivity contribution in [2.24, 2.45) is 0 Å². The lowest BCUT2D eigenvalue weighted by Crippen LogP contribution is -2.62. The van der Waals surface area contributed by atoms with E-state index in [4.69, 9.17) is 16.9 Å². The van der Waals surface area contributed by atoms with E-state index in [1.165, 1.54) is 13.1 Å². The van der Waals surface area contributed by atoms with Gasteiger partial charge in [-0.25, -0.2) is 0 Å². The monoisotopic (exact) mass is 276 g/mol. The van der Waals surface area contributed by atoms with Gasteiger partial charge in [-0.3, -0.25) is 9.80 Å². The molecule has 1 N–H and O–H groups in total. The van der Waals surface area contributed by atoms with Crippen molar-refractivity contribution in [3.63, 3.8) is 0 Å². The van der Waals surface area contributed by atoms with Crippen LogP contribution in [0.3, 0.4) is 0 Å². The molecule has 4 nitrogen and oxygen atoms in total. The van der Waals surface area contributed by atoms with E-state index in [0.717, 1.165) is 31.9 Å². The third-order valence-corrected chi connectivity index (χ3v) is 4.36. The van der Waals surface area contributed by atoms with Gasteiger partial charge >= 0.3 is 0 Å². The van der Waals surface area contributed by atoms with E-state index in [9.17, 15) is 0 Å². The van der Waals surface area contributed by atoms with Gasteiger partial charge in [0.15, 0.2) is 0 Å². The summed E-state index contributed by atoms with van der Waals surface area (Å²) in [5, 5.41) is 13.1. The van der Waals surface area contributed by atoms with Crippen LogP contribution in [0.5, 0.6) is 0 Å². The van der Waals surface area contributed by atoms with Crippen LogP contribution >= 0.6 is 11.6 Å². The average molecular weight is 277 g/mol. The molecular weight excluding hydrogens is 260 g/mol. The number of fused-ring (bicyclic) bond motifs is 3. The van der Waals surface area contributed by atoms with Crippen LogP contribution in [0, 0.1) is 11.3 Å². The van der Waals surface area contributed by atoms with Crippen molar-refractivity contribution in [1.29, 1.82) is 5.26 Å². The smallest absolute Gasteiger partial charge is 0.101 e. The summed E-state index contributed by atoms with van der Waals surface area (Å²) in [4.78, 5) is 5.03. The summed E-state index contributed by atoms with van der Waals surface area (Å²) in [5.74, 6) is 0. The second kappa shape index (κ2) is 5.38. The Bertz CT molecular complexity index is 503. The van der Waals surface area contributed by atoms with E-state index < -0.39 is 0 Å². The van der Waals surface area contributed by atoms with Crippen molar-refractivity contribution in [2.75, 3.05) is 44.6 Å². The van der Waals surface area contributed by atoms with Gasteiger partial charge in [-0.2, -0.15) is 5.26 Å². The van der Waals surface area contributed by atoms with Crippen molar-refractivity contribution < 1.29 is 0 Å². The Morgan fingerprint density at radius 3 is 2.74 bits per heavy atom. The number of anilines is 1. The van der Waals surface area contributed by atoms with E-state index in [0.29, 0.717) is 16.6 Å². The predicted molar refractivity (Wildman–Crippen MR) is 76.5 cm³/mol. The largest absolute Gasteiger partial charge is 0.381 e. The molecule has 0 spiro atoms. The summed E-state index contributed by atoms with van der Waals surface area (Å²) in [7, 11) is 0. The molecule has 0 aliphatic carbocycles. The van der Waals surface area contributed by atoms with Gasteiger partial charge in [0.2, 0.25) is 0 Å². The van der Waals surface area contributed by atoms with Gasteiger partial charge in [-0.15, -0.1) is 0 Å². The molecule has 1 atom stereocenters. The summed E-state index contributed by atoms with van der Waals surface area (Å²) >= 11 is 6.17. The maximum absolute atomic E-state index is 9.12. The zero-order chi connectivity index (χ0) is 13.2. The maximum Gasteiger partial charge on any atom is 0.101 e. The van der Waals surface area contributed by atoms with Gasteiger partial charge in [0, 0.05) is 45.3 Å². The van der Waals surface area contributed by atoms with E-state index >= 15 is 0 Å². The van der Waals surface area contributed by atoms with Crippen molar-refractivity contribution in [3.05, 3.63) is 28.8 Å². The lowest BCUT2D eigenvalue weighted by molar-refractivity contribution is 0.0189. The van der Waals surface area contributed by atoms with Crippen LogP contribution in [-0.4, -0.2) is 55.1 Å². The molecule has 1 unspecified atom stereocenters. The third-order valence-electron chi connectivity index (χ3n) is 4.04. The average Bonchev–Trinajstić information content (AvgIpc) is 2.47. The minimum Gasteiger partial charge on any atom is -0.381 e. The second-order valence-corrected chi connectivity index (χ2v) is 5.55. The van der Waals surface area contributed by atoms with E-state index in [1.54, 1.807) is 6.07 Å². The SMILES string of the molecule is N#Cc1cccc(Cl)c1NCC1CN2CCN1CC2. The van der Waals surface area contributed by atoms with Crippen LogP contribution in [0.15, 0.2) is 18.2 Å². The molecule has 0 radical (unpaired) electrons. The molecule has 0 amide bonds. The Kier molecular flexibility index (Phi) is 3.61. The van der Waals surface area contributed by atoms with Gasteiger partial charge in [-0.05, 0) is 12.1 Å². The predicted octanol–water partition coefficient (Wildman–Crippen LogP) is 1.62. The lowest BCUT2D eigenvalue weighted by Gasteiger charge is -2.47. The highest BCUT2D eigenvalue weighted by Crippen LogP contribution is 2.26. The van der Waals surface area contributed by atoms with Crippen LogP contribution in [0.1, 0.15) is 5.56 Å². The van der Waals surface area contributed by atoms with Crippen molar-refractivity contribution in [1.82, 2.24) is 9.80 Å². The quantitative estimate of drug-likeness (QED) is 0.911. The van der Waals surface area contributed by atoms with E-state index in [-0.39, 0.29) is 0 Å². The zero-order valence-corrected chi connectivity index (χ0v) is 11.5. The zero-order valence-electron chi connectivity index (χ0n) is 10.8. The molecule has 1 aromatic carbocycles. The fourth-order valence-corrected chi connectivity index (χ4v) is 3.18. The Morgan fingerprint density at radius 2 is 2.11 bits per heavy atom. The Morgan fingerprint density at radius 1 is 1.32 bits per heavy atom. The molecule has 0 saturated carbocycles. The Balaban J connectivity index is 1.68. The van der Waals surface area contributed by atoms with E-state index in [2.05, 4.69) is 21.2 Å². The highest BCUT2D eigenvalue weighted by atomic mass is 35.5. The molecule has 2 bridgehead atoms. The number of nitrogens with zero attached hydrogens (tertiary/aromatic N) is 3. The van der Waals surface area contributed by atoms with Crippen LogP contribution in [0.25, 0.3) is 0 Å². The van der Waals surface area contributed by atoms with Crippen LogP contribution < -0.4 is 5.32 Å². The number of rotatable bonds is 3. The van der Waals surface area contributed by atoms with Crippen molar-refractivity contribution in [2.45, 2.75) is 6.04 Å². The summed E-state index contributed by atoms with van der Waals surface area (Å²) in [6, 6.07) is 8.13. The van der Waals surface area contributed by atoms with Gasteiger partial charge in [-0.1, -0.05) is 17.7 Å². The highest BCUT2D eigenvalue weighted by molar-refractivity contribution is 6.33. The molecule has 3 aliphatic heterocycles. The molecule has 19 heavy (non-hydrogen) atoms. The molecule has 3 fully saturated rings. The third kappa shape index (κ3) is 2.55. The standard InChI is InChI=1S/C14H17ClN4/c15-13-3-1-2-11(8-16)14(13)17-9-12-10-18-4-6-19(12)7-5-18/h1-3,12,17H,4-7,9-10H2. The number of hydrogen-bond acceptors (Lipinski definition) is 4. The Labute approximate surface area is 118 Å². The normalized spacial score (nSPS) is 28.9. The number of nitrogens with one attached hydrogen (secondary N) is 1. The summed E-state index contributed by atoms with van der Waals surface area (Å²) in [6.45, 7) is 6.63. The topological polar surface area (TPSA) is 42.3 Å². The molecule has 0 aromatic heterocycles. The summed E-state index contributed by atoms with van der Waals surface area (Å²) in [5.41, 5.74) is 1.38. The van der Waals surface area contributed by atoms with Crippen LogP contribution in [0.2, 0.25) is 5.02 Å². The first kappa shape index (κ1) is 12.7. The maximum atomic E-state index is 9.12. The number of para-hydroxylation sites is 1. The number of nitriles is 1. The molecule has 3 heterocycles. The minimum atomic E-state index is 0.519. The Hall–Kier alpha value is -1.28. The first-order chi connectivity index (χ1) is 9.28. The van der Waals surface area contributed by atoms with E-state index in [1.807, 2.05) is 12.1 Å². The lowest BCUT2D eigenvalue weighted by atomic mass is 10.1. The molecule has 3 aliphatic rings. The number of halogens is 1. The first-order valence-electron chi connectivity index (χ1n) is 6.67. The van der Waals surface area contributed by atoms with Gasteiger partial charge < -0.3 is 5.32 Å². The molecule has 3 saturated heterocycles. The summed E-state index contributed by atoms with van der Waals surface area (Å²) < 4.78 is 0.